The van der Waals surface area contributed by atoms with Gasteiger partial charge >= 0.3 is 0 Å². The zero-order valence-electron chi connectivity index (χ0n) is 31.8. The fourth-order valence-electron chi connectivity index (χ4n) is 6.30. The topological polar surface area (TPSA) is 63.3 Å². The number of hydrogen-bond donors (Lipinski definition) is 1. The number of pyridine rings is 1. The molecular formula is C45H52IrNO3S-. The Labute approximate surface area is 321 Å². The summed E-state index contributed by atoms with van der Waals surface area (Å²) in [4.78, 5) is 18.2. The fraction of sp³-hybridized carbons (Fsp3) is 0.378. The van der Waals surface area contributed by atoms with Gasteiger partial charge in [0.2, 0.25) is 0 Å². The van der Waals surface area contributed by atoms with Crippen LogP contribution >= 0.6 is 11.3 Å². The van der Waals surface area contributed by atoms with E-state index in [1.807, 2.05) is 54.0 Å². The maximum Gasteiger partial charge on any atom is 0.164 e. The van der Waals surface area contributed by atoms with Gasteiger partial charge in [-0.3, -0.25) is 9.78 Å². The summed E-state index contributed by atoms with van der Waals surface area (Å²) in [6.07, 6.45) is 8.49. The normalized spacial score (nSPS) is 12.5. The van der Waals surface area contributed by atoms with E-state index in [0.29, 0.717) is 0 Å². The van der Waals surface area contributed by atoms with Gasteiger partial charge in [0.15, 0.2) is 5.78 Å². The first-order chi connectivity index (χ1) is 23.7. The van der Waals surface area contributed by atoms with Crippen LogP contribution in [0.25, 0.3) is 53.5 Å². The summed E-state index contributed by atoms with van der Waals surface area (Å²) in [6.45, 7) is 21.0. The summed E-state index contributed by atoms with van der Waals surface area (Å²) in [7, 11) is 0. The van der Waals surface area contributed by atoms with Crippen LogP contribution in [-0.2, 0) is 30.3 Å². The summed E-state index contributed by atoms with van der Waals surface area (Å²) in [5.74, 6) is 0.286. The van der Waals surface area contributed by atoms with Gasteiger partial charge in [0.1, 0.15) is 11.3 Å². The van der Waals surface area contributed by atoms with Crippen molar-refractivity contribution in [3.05, 3.63) is 102 Å². The number of furan rings is 1. The van der Waals surface area contributed by atoms with Gasteiger partial charge < -0.3 is 9.52 Å². The molecule has 0 aliphatic carbocycles. The molecule has 6 aromatic rings. The first-order valence-corrected chi connectivity index (χ1v) is 18.8. The van der Waals surface area contributed by atoms with Crippen molar-refractivity contribution >= 4 is 48.9 Å². The molecule has 0 saturated heterocycles. The van der Waals surface area contributed by atoms with Crippen LogP contribution in [0.4, 0.5) is 0 Å². The van der Waals surface area contributed by atoms with E-state index in [2.05, 4.69) is 94.4 Å². The second kappa shape index (κ2) is 16.0. The average Bonchev–Trinajstić information content (AvgIpc) is 3.73. The second-order valence-corrected chi connectivity index (χ2v) is 16.2. The Hall–Kier alpha value is -3.57. The zero-order chi connectivity index (χ0) is 36.4. The molecule has 1 N–H and O–H groups in total. The van der Waals surface area contributed by atoms with Crippen molar-refractivity contribution in [2.75, 3.05) is 0 Å². The van der Waals surface area contributed by atoms with Crippen LogP contribution in [0.3, 0.4) is 0 Å². The van der Waals surface area contributed by atoms with Crippen molar-refractivity contribution in [1.82, 2.24) is 4.98 Å². The SMILES string of the molecule is CCC(C)(CC)C(=O)/C=C(\O)C(C)(CC)CC.Cc1coc2cc(-c3cc4c(-c5[c-]c6ccccc6c(C(C)(C)C)c5)nccc4s3)ccc12.[Ir]. The van der Waals surface area contributed by atoms with Crippen LogP contribution in [0.2, 0.25) is 0 Å². The van der Waals surface area contributed by atoms with Gasteiger partial charge in [0.25, 0.3) is 0 Å². The monoisotopic (exact) mass is 879 g/mol. The second-order valence-electron chi connectivity index (χ2n) is 15.1. The summed E-state index contributed by atoms with van der Waals surface area (Å²) in [5.41, 5.74) is 6.04. The Morgan fingerprint density at radius 3 is 2.18 bits per heavy atom. The van der Waals surface area contributed by atoms with Gasteiger partial charge in [-0.1, -0.05) is 104 Å². The van der Waals surface area contributed by atoms with Crippen LogP contribution in [0.15, 0.2) is 89.4 Å². The van der Waals surface area contributed by atoms with Gasteiger partial charge in [0, 0.05) is 63.9 Å². The molecular weight excluding hydrogens is 827 g/mol. The van der Waals surface area contributed by atoms with Crippen LogP contribution < -0.4 is 0 Å². The molecule has 3 aromatic carbocycles. The minimum Gasteiger partial charge on any atom is -0.512 e. The molecule has 0 unspecified atom stereocenters. The maximum absolute atomic E-state index is 12.2. The van der Waals surface area contributed by atoms with E-state index in [9.17, 15) is 9.90 Å². The van der Waals surface area contributed by atoms with Gasteiger partial charge in [-0.05, 0) is 72.7 Å². The van der Waals surface area contributed by atoms with Crippen molar-refractivity contribution in [2.45, 2.75) is 100 Å². The molecule has 4 nitrogen and oxygen atoms in total. The molecule has 0 aliphatic heterocycles. The predicted molar refractivity (Wildman–Crippen MR) is 213 cm³/mol. The molecule has 0 saturated carbocycles. The molecule has 0 atom stereocenters. The van der Waals surface area contributed by atoms with Crippen molar-refractivity contribution in [1.29, 1.82) is 0 Å². The fourth-order valence-corrected chi connectivity index (χ4v) is 7.35. The summed E-state index contributed by atoms with van der Waals surface area (Å²) in [6, 6.07) is 25.3. The number of fused-ring (bicyclic) bond motifs is 3. The van der Waals surface area contributed by atoms with E-state index in [0.717, 1.165) is 47.9 Å². The van der Waals surface area contributed by atoms with Crippen molar-refractivity contribution in [2.24, 2.45) is 10.8 Å². The largest absolute Gasteiger partial charge is 0.512 e. The zero-order valence-corrected chi connectivity index (χ0v) is 35.0. The number of benzene rings is 3. The Kier molecular flexibility index (Phi) is 12.6. The standard InChI is InChI=1S/C30H24NOS.C15H28O2.Ir/c1-18-17-32-26-15-20(9-10-22(18)26)28-16-24-27(33-28)11-12-31-29(24)21-13-19-7-5-6-8-23(19)25(14-21)30(2,3)4;1-7-14(5,8-2)12(16)11-13(17)15(6,9-3)10-4;/h5-12,14-17H,1-4H3;11,16H,7-10H2,1-6H3;/q-1;;/b;12-11-;. The van der Waals surface area contributed by atoms with E-state index in [1.165, 1.54) is 48.5 Å². The minimum atomic E-state index is -0.337. The molecule has 3 aromatic heterocycles. The molecule has 0 amide bonds. The predicted octanol–water partition coefficient (Wildman–Crippen LogP) is 13.6. The van der Waals surface area contributed by atoms with Crippen molar-refractivity contribution in [3.63, 3.8) is 0 Å². The Bertz CT molecular complexity index is 2170. The third-order valence-corrected chi connectivity index (χ3v) is 12.1. The minimum absolute atomic E-state index is 0. The molecule has 271 valence electrons. The molecule has 0 aliphatic rings. The van der Waals surface area contributed by atoms with E-state index >= 15 is 0 Å². The number of carbonyl (C=O) groups excluding carboxylic acids is 1. The number of carbonyl (C=O) groups is 1. The molecule has 1 radical (unpaired) electrons. The number of aliphatic hydroxyl groups excluding tert-OH is 1. The molecule has 3 heterocycles. The number of allylic oxidation sites excluding steroid dienone is 2. The van der Waals surface area contributed by atoms with Crippen molar-refractivity contribution in [3.8, 4) is 21.7 Å². The van der Waals surface area contributed by atoms with Gasteiger partial charge in [-0.15, -0.1) is 40.5 Å². The maximum atomic E-state index is 12.2. The number of ketones is 1. The van der Waals surface area contributed by atoms with E-state index in [4.69, 9.17) is 9.40 Å². The molecule has 0 fully saturated rings. The number of aromatic nitrogens is 1. The number of nitrogens with zero attached hydrogens (tertiary/aromatic N) is 1. The molecule has 6 rings (SSSR count). The summed E-state index contributed by atoms with van der Waals surface area (Å²) >= 11 is 1.79. The Morgan fingerprint density at radius 1 is 0.863 bits per heavy atom. The quantitative estimate of drug-likeness (QED) is 0.0893. The summed E-state index contributed by atoms with van der Waals surface area (Å²) < 4.78 is 6.98. The Morgan fingerprint density at radius 2 is 1.53 bits per heavy atom. The number of aliphatic hydroxyl groups is 1. The number of aryl methyl sites for hydroxylation is 1. The number of thiophene rings is 1. The average molecular weight is 879 g/mol. The van der Waals surface area contributed by atoms with Crippen LogP contribution in [0, 0.1) is 23.8 Å². The van der Waals surface area contributed by atoms with Gasteiger partial charge in [-0.2, -0.15) is 0 Å². The Balaban J connectivity index is 0.000000279. The number of rotatable bonds is 9. The third-order valence-electron chi connectivity index (χ3n) is 10.9. The molecule has 51 heavy (non-hydrogen) atoms. The molecule has 6 heteroatoms. The first kappa shape index (κ1) is 40.2. The van der Waals surface area contributed by atoms with Gasteiger partial charge in [0.05, 0.1) is 6.26 Å². The van der Waals surface area contributed by atoms with Crippen LogP contribution in [0.1, 0.15) is 99.1 Å². The van der Waals surface area contributed by atoms with Crippen molar-refractivity contribution < 1.29 is 34.4 Å². The van der Waals surface area contributed by atoms with E-state index in [1.54, 1.807) is 11.3 Å². The molecule has 0 bridgehead atoms. The van der Waals surface area contributed by atoms with Crippen LogP contribution in [-0.4, -0.2) is 15.9 Å². The smallest absolute Gasteiger partial charge is 0.164 e. The summed E-state index contributed by atoms with van der Waals surface area (Å²) in [5, 5.41) is 14.9. The van der Waals surface area contributed by atoms with E-state index < -0.39 is 0 Å². The third kappa shape index (κ3) is 8.25. The van der Waals surface area contributed by atoms with E-state index in [-0.39, 0.29) is 47.9 Å². The van der Waals surface area contributed by atoms with Gasteiger partial charge in [-0.25, -0.2) is 0 Å². The number of hydrogen-bond acceptors (Lipinski definition) is 5. The first-order valence-electron chi connectivity index (χ1n) is 18.0. The molecule has 0 spiro atoms. The van der Waals surface area contributed by atoms with Crippen LogP contribution in [0.5, 0.6) is 0 Å².